The predicted octanol–water partition coefficient (Wildman–Crippen LogP) is 2.62. The summed E-state index contributed by atoms with van der Waals surface area (Å²) in [6.07, 6.45) is 4.22. The third-order valence-corrected chi connectivity index (χ3v) is 5.04. The van der Waals surface area contributed by atoms with Gasteiger partial charge >= 0.3 is 0 Å². The number of nitro benzene ring substituents is 1. The van der Waals surface area contributed by atoms with Gasteiger partial charge in [-0.1, -0.05) is 6.92 Å². The van der Waals surface area contributed by atoms with Crippen LogP contribution in [0.5, 0.6) is 0 Å². The summed E-state index contributed by atoms with van der Waals surface area (Å²) in [5, 5.41) is 10.9. The maximum Gasteiger partial charge on any atom is 0.270 e. The number of benzene rings is 1. The lowest BCUT2D eigenvalue weighted by Crippen LogP contribution is -2.26. The third kappa shape index (κ3) is 3.72. The fraction of sp³-hybridized carbons (Fsp3) is 0.571. The molecule has 0 saturated carbocycles. The van der Waals surface area contributed by atoms with Crippen molar-refractivity contribution in [3.8, 4) is 0 Å². The second kappa shape index (κ2) is 6.01. The molecule has 116 valence electrons. The average molecular weight is 312 g/mol. The summed E-state index contributed by atoms with van der Waals surface area (Å²) >= 11 is 0. The molecule has 0 bridgehead atoms. The van der Waals surface area contributed by atoms with Crippen LogP contribution in [0.3, 0.4) is 0 Å². The zero-order valence-electron chi connectivity index (χ0n) is 12.3. The minimum Gasteiger partial charge on any atom is -0.370 e. The number of nitrogens with zero attached hydrogens (tertiary/aromatic N) is 2. The quantitative estimate of drug-likeness (QED) is 0.633. The van der Waals surface area contributed by atoms with E-state index in [1.54, 1.807) is 6.07 Å². The van der Waals surface area contributed by atoms with Crippen LogP contribution in [0.15, 0.2) is 23.1 Å². The largest absolute Gasteiger partial charge is 0.370 e. The van der Waals surface area contributed by atoms with Gasteiger partial charge in [-0.05, 0) is 31.2 Å². The first-order chi connectivity index (χ1) is 9.79. The van der Waals surface area contributed by atoms with Crippen LogP contribution in [0, 0.1) is 16.0 Å². The van der Waals surface area contributed by atoms with Crippen molar-refractivity contribution in [2.24, 2.45) is 5.92 Å². The van der Waals surface area contributed by atoms with Gasteiger partial charge in [0.25, 0.3) is 5.69 Å². The Hall–Kier alpha value is -1.63. The van der Waals surface area contributed by atoms with Crippen molar-refractivity contribution in [2.45, 2.75) is 31.1 Å². The average Bonchev–Trinajstić information content (AvgIpc) is 2.62. The molecule has 0 amide bonds. The lowest BCUT2D eigenvalue weighted by molar-refractivity contribution is -0.385. The first-order valence-electron chi connectivity index (χ1n) is 7.02. The molecule has 1 fully saturated rings. The van der Waals surface area contributed by atoms with Crippen LogP contribution >= 0.6 is 0 Å². The van der Waals surface area contributed by atoms with E-state index in [0.29, 0.717) is 11.6 Å². The van der Waals surface area contributed by atoms with Crippen molar-refractivity contribution in [1.29, 1.82) is 0 Å². The standard InChI is InChI=1S/C14H20N2O4S/c1-11-4-3-8-15(9-7-11)13-6-5-12(16(17)18)10-14(13)21(2,19)20/h5-6,10-11H,3-4,7-9H2,1-2H3. The van der Waals surface area contributed by atoms with Crippen molar-refractivity contribution in [1.82, 2.24) is 0 Å². The Bertz CT molecular complexity index is 642. The molecule has 1 heterocycles. The first kappa shape index (κ1) is 15.8. The van der Waals surface area contributed by atoms with Crippen molar-refractivity contribution < 1.29 is 13.3 Å². The van der Waals surface area contributed by atoms with Gasteiger partial charge in [0.1, 0.15) is 0 Å². The molecule has 1 aliphatic heterocycles. The second-order valence-electron chi connectivity index (χ2n) is 5.70. The van der Waals surface area contributed by atoms with E-state index in [9.17, 15) is 18.5 Å². The summed E-state index contributed by atoms with van der Waals surface area (Å²) in [4.78, 5) is 12.4. The van der Waals surface area contributed by atoms with Crippen LogP contribution in [0.4, 0.5) is 11.4 Å². The highest BCUT2D eigenvalue weighted by atomic mass is 32.2. The predicted molar refractivity (Wildman–Crippen MR) is 81.4 cm³/mol. The molecule has 6 nitrogen and oxygen atoms in total. The van der Waals surface area contributed by atoms with E-state index < -0.39 is 14.8 Å². The first-order valence-corrected chi connectivity index (χ1v) is 8.91. The molecule has 1 saturated heterocycles. The van der Waals surface area contributed by atoms with Crippen molar-refractivity contribution in [3.63, 3.8) is 0 Å². The number of anilines is 1. The summed E-state index contributed by atoms with van der Waals surface area (Å²) in [7, 11) is -3.51. The number of non-ortho nitro benzene ring substituents is 1. The topological polar surface area (TPSA) is 80.5 Å². The summed E-state index contributed by atoms with van der Waals surface area (Å²) in [5.74, 6) is 0.620. The SMILES string of the molecule is CC1CCCN(c2ccc([N+](=O)[O-])cc2S(C)(=O)=O)CC1. The van der Waals surface area contributed by atoms with Crippen LogP contribution in [0.1, 0.15) is 26.2 Å². The summed E-state index contributed by atoms with van der Waals surface area (Å²) in [6, 6.07) is 4.10. The maximum absolute atomic E-state index is 12.0. The minimum absolute atomic E-state index is 0.0475. The number of rotatable bonds is 3. The van der Waals surface area contributed by atoms with Crippen molar-refractivity contribution >= 4 is 21.2 Å². The monoisotopic (exact) mass is 312 g/mol. The van der Waals surface area contributed by atoms with Crippen LogP contribution in [-0.2, 0) is 9.84 Å². The summed E-state index contributed by atoms with van der Waals surface area (Å²) in [5.41, 5.74) is 0.388. The van der Waals surface area contributed by atoms with Gasteiger partial charge in [-0.3, -0.25) is 10.1 Å². The molecular weight excluding hydrogens is 292 g/mol. The Morgan fingerprint density at radius 3 is 2.62 bits per heavy atom. The number of nitro groups is 1. The van der Waals surface area contributed by atoms with Crippen molar-refractivity contribution in [2.75, 3.05) is 24.2 Å². The molecule has 0 spiro atoms. The molecule has 0 aromatic heterocycles. The van der Waals surface area contributed by atoms with Crippen LogP contribution < -0.4 is 4.90 Å². The highest BCUT2D eigenvalue weighted by molar-refractivity contribution is 7.90. The molecule has 1 aromatic rings. The Labute approximate surface area is 124 Å². The van der Waals surface area contributed by atoms with E-state index in [4.69, 9.17) is 0 Å². The van der Waals surface area contributed by atoms with Crippen LogP contribution in [-0.4, -0.2) is 32.7 Å². The van der Waals surface area contributed by atoms with Gasteiger partial charge < -0.3 is 4.90 Å². The molecule has 0 radical (unpaired) electrons. The molecule has 2 rings (SSSR count). The fourth-order valence-electron chi connectivity index (χ4n) is 2.68. The number of hydrogen-bond acceptors (Lipinski definition) is 5. The van der Waals surface area contributed by atoms with Gasteiger partial charge in [-0.25, -0.2) is 8.42 Å². The van der Waals surface area contributed by atoms with E-state index >= 15 is 0 Å². The van der Waals surface area contributed by atoms with E-state index in [1.807, 2.05) is 4.90 Å². The molecule has 0 N–H and O–H groups in total. The lowest BCUT2D eigenvalue weighted by atomic mass is 10.0. The van der Waals surface area contributed by atoms with Gasteiger partial charge in [0.2, 0.25) is 0 Å². The van der Waals surface area contributed by atoms with E-state index in [0.717, 1.165) is 38.6 Å². The molecule has 1 aliphatic rings. The number of hydrogen-bond donors (Lipinski definition) is 0. The Balaban J connectivity index is 2.45. The number of sulfone groups is 1. The van der Waals surface area contributed by atoms with Crippen molar-refractivity contribution in [3.05, 3.63) is 28.3 Å². The molecule has 0 aliphatic carbocycles. The lowest BCUT2D eigenvalue weighted by Gasteiger charge is -2.24. The fourth-order valence-corrected chi connectivity index (χ4v) is 3.59. The van der Waals surface area contributed by atoms with Gasteiger partial charge in [0.05, 0.1) is 15.5 Å². The van der Waals surface area contributed by atoms with Crippen LogP contribution in [0.2, 0.25) is 0 Å². The smallest absolute Gasteiger partial charge is 0.270 e. The highest BCUT2D eigenvalue weighted by Gasteiger charge is 2.23. The molecule has 1 aromatic carbocycles. The Morgan fingerprint density at radius 2 is 2.00 bits per heavy atom. The van der Waals surface area contributed by atoms with E-state index in [2.05, 4.69) is 6.92 Å². The highest BCUT2D eigenvalue weighted by Crippen LogP contribution is 2.31. The molecule has 7 heteroatoms. The maximum atomic E-state index is 12.0. The summed E-state index contributed by atoms with van der Waals surface area (Å²) < 4.78 is 23.9. The third-order valence-electron chi connectivity index (χ3n) is 3.91. The van der Waals surface area contributed by atoms with E-state index in [-0.39, 0.29) is 10.6 Å². The Kier molecular flexibility index (Phi) is 4.51. The second-order valence-corrected chi connectivity index (χ2v) is 7.69. The zero-order valence-corrected chi connectivity index (χ0v) is 13.1. The van der Waals surface area contributed by atoms with Gasteiger partial charge in [0, 0.05) is 31.5 Å². The Morgan fingerprint density at radius 1 is 1.29 bits per heavy atom. The molecule has 1 atom stereocenters. The van der Waals surface area contributed by atoms with Gasteiger partial charge in [-0.2, -0.15) is 0 Å². The van der Waals surface area contributed by atoms with Gasteiger partial charge in [-0.15, -0.1) is 0 Å². The minimum atomic E-state index is -3.51. The summed E-state index contributed by atoms with van der Waals surface area (Å²) in [6.45, 7) is 3.75. The molecule has 21 heavy (non-hydrogen) atoms. The van der Waals surface area contributed by atoms with E-state index in [1.165, 1.54) is 12.1 Å². The van der Waals surface area contributed by atoms with Gasteiger partial charge in [0.15, 0.2) is 9.84 Å². The molecule has 1 unspecified atom stereocenters. The van der Waals surface area contributed by atoms with Crippen LogP contribution in [0.25, 0.3) is 0 Å². The normalized spacial score (nSPS) is 20.1. The molecular formula is C14H20N2O4S. The zero-order chi connectivity index (χ0) is 15.6.